The third kappa shape index (κ3) is 4.25. The summed E-state index contributed by atoms with van der Waals surface area (Å²) in [4.78, 5) is 29.6. The highest BCUT2D eigenvalue weighted by Crippen LogP contribution is 2.24. The molecule has 1 aromatic heterocycles. The summed E-state index contributed by atoms with van der Waals surface area (Å²) in [6, 6.07) is 19.8. The van der Waals surface area contributed by atoms with E-state index in [1.54, 1.807) is 41.0 Å². The smallest absolute Gasteiger partial charge is 0.336 e. The third-order valence-electron chi connectivity index (χ3n) is 5.57. The monoisotopic (exact) mass is 427 g/mol. The fourth-order valence-corrected chi connectivity index (χ4v) is 3.87. The molecular formula is C26H25N3O3. The number of carboxylic acids is 1. The first-order valence-electron chi connectivity index (χ1n) is 10.7. The number of rotatable bonds is 7. The van der Waals surface area contributed by atoms with Gasteiger partial charge in [-0.05, 0) is 47.4 Å². The lowest BCUT2D eigenvalue weighted by Gasteiger charge is -2.14. The molecule has 0 bridgehead atoms. The van der Waals surface area contributed by atoms with Crippen LogP contribution in [0.3, 0.4) is 0 Å². The Morgan fingerprint density at radius 3 is 2.53 bits per heavy atom. The average molecular weight is 428 g/mol. The van der Waals surface area contributed by atoms with Crippen molar-refractivity contribution in [3.05, 3.63) is 94.0 Å². The summed E-state index contributed by atoms with van der Waals surface area (Å²) in [6.07, 6.45) is 2.67. The molecule has 0 aliphatic heterocycles. The molecule has 0 fully saturated rings. The van der Waals surface area contributed by atoms with Crippen molar-refractivity contribution in [1.82, 2.24) is 9.55 Å². The fraction of sp³-hybridized carbons (Fsp3) is 0.192. The summed E-state index contributed by atoms with van der Waals surface area (Å²) < 4.78 is 1.72. The third-order valence-corrected chi connectivity index (χ3v) is 5.57. The topological polar surface area (TPSA) is 98.2 Å². The summed E-state index contributed by atoms with van der Waals surface area (Å²) in [5.41, 5.74) is 9.66. The molecule has 3 aromatic carbocycles. The van der Waals surface area contributed by atoms with Gasteiger partial charge >= 0.3 is 5.97 Å². The molecule has 0 saturated heterocycles. The summed E-state index contributed by atoms with van der Waals surface area (Å²) in [6.45, 7) is 2.49. The van der Waals surface area contributed by atoms with Crippen LogP contribution in [0.15, 0.2) is 71.5 Å². The lowest BCUT2D eigenvalue weighted by molar-refractivity contribution is 0.0697. The van der Waals surface area contributed by atoms with Crippen molar-refractivity contribution >= 4 is 22.6 Å². The number of unbranched alkanes of at least 4 members (excludes halogenated alkanes) is 1. The van der Waals surface area contributed by atoms with Crippen molar-refractivity contribution in [3.63, 3.8) is 0 Å². The van der Waals surface area contributed by atoms with Gasteiger partial charge in [0.15, 0.2) is 0 Å². The molecule has 6 heteroatoms. The van der Waals surface area contributed by atoms with Crippen molar-refractivity contribution in [2.45, 2.75) is 32.7 Å². The van der Waals surface area contributed by atoms with Crippen LogP contribution in [0.5, 0.6) is 0 Å². The molecule has 4 aromatic rings. The number of aromatic carboxylic acids is 1. The van der Waals surface area contributed by atoms with E-state index in [2.05, 4.69) is 6.92 Å². The minimum atomic E-state index is -0.960. The van der Waals surface area contributed by atoms with Crippen LogP contribution in [0.25, 0.3) is 22.0 Å². The number of benzene rings is 3. The number of nitrogens with two attached hydrogens (primary N) is 1. The first-order valence-corrected chi connectivity index (χ1v) is 10.7. The van der Waals surface area contributed by atoms with Gasteiger partial charge < -0.3 is 10.8 Å². The Morgan fingerprint density at radius 2 is 1.81 bits per heavy atom. The minimum Gasteiger partial charge on any atom is -0.478 e. The van der Waals surface area contributed by atoms with E-state index in [-0.39, 0.29) is 11.1 Å². The highest BCUT2D eigenvalue weighted by atomic mass is 16.4. The van der Waals surface area contributed by atoms with Crippen LogP contribution in [0, 0.1) is 0 Å². The van der Waals surface area contributed by atoms with E-state index in [9.17, 15) is 14.7 Å². The molecule has 0 radical (unpaired) electrons. The number of aryl methyl sites for hydroxylation is 1. The zero-order chi connectivity index (χ0) is 22.7. The Hall–Kier alpha value is -3.93. The SMILES string of the molecule is CCCCc1nc2ccc(N)cc2c(=O)n1Cc1ccc(-c2ccccc2C(=O)O)cc1. The largest absolute Gasteiger partial charge is 0.478 e. The van der Waals surface area contributed by atoms with E-state index in [0.717, 1.165) is 36.2 Å². The molecule has 0 amide bonds. The first kappa shape index (κ1) is 21.3. The first-order chi connectivity index (χ1) is 15.5. The summed E-state index contributed by atoms with van der Waals surface area (Å²) in [5.74, 6) is -0.201. The molecule has 0 saturated carbocycles. The number of hydrogen-bond donors (Lipinski definition) is 2. The zero-order valence-electron chi connectivity index (χ0n) is 17.9. The minimum absolute atomic E-state index is 0.103. The van der Waals surface area contributed by atoms with Gasteiger partial charge in [-0.25, -0.2) is 9.78 Å². The predicted molar refractivity (Wildman–Crippen MR) is 127 cm³/mol. The number of carboxylic acid groups (broad SMARTS) is 1. The summed E-state index contributed by atoms with van der Waals surface area (Å²) in [5, 5.41) is 9.97. The number of aromatic nitrogens is 2. The lowest BCUT2D eigenvalue weighted by atomic mass is 9.98. The molecule has 0 spiro atoms. The van der Waals surface area contributed by atoms with E-state index in [1.165, 1.54) is 0 Å². The van der Waals surface area contributed by atoms with Crippen molar-refractivity contribution in [1.29, 1.82) is 0 Å². The van der Waals surface area contributed by atoms with Gasteiger partial charge in [-0.3, -0.25) is 9.36 Å². The predicted octanol–water partition coefficient (Wildman–Crippen LogP) is 4.73. The maximum atomic E-state index is 13.3. The van der Waals surface area contributed by atoms with Crippen molar-refractivity contribution in [2.75, 3.05) is 5.73 Å². The Kier molecular flexibility index (Phi) is 6.03. The molecule has 0 atom stereocenters. The van der Waals surface area contributed by atoms with Gasteiger partial charge in [0.05, 0.1) is 23.0 Å². The second kappa shape index (κ2) is 9.06. The van der Waals surface area contributed by atoms with Crippen molar-refractivity contribution in [3.8, 4) is 11.1 Å². The zero-order valence-corrected chi connectivity index (χ0v) is 17.9. The van der Waals surface area contributed by atoms with Crippen LogP contribution in [-0.4, -0.2) is 20.6 Å². The second-order valence-corrected chi connectivity index (χ2v) is 7.85. The number of fused-ring (bicyclic) bond motifs is 1. The highest BCUT2D eigenvalue weighted by molar-refractivity contribution is 5.96. The van der Waals surface area contributed by atoms with Crippen LogP contribution < -0.4 is 11.3 Å². The molecule has 0 aliphatic rings. The van der Waals surface area contributed by atoms with E-state index in [0.29, 0.717) is 28.7 Å². The van der Waals surface area contributed by atoms with Crippen molar-refractivity contribution < 1.29 is 9.90 Å². The van der Waals surface area contributed by atoms with Gasteiger partial charge in [-0.1, -0.05) is 55.8 Å². The standard InChI is InChI=1S/C26H25N3O3/c1-2-3-8-24-28-23-14-13-19(27)15-22(23)25(30)29(24)16-17-9-11-18(12-10-17)20-6-4-5-7-21(20)26(31)32/h4-7,9-15H,2-3,8,16,27H2,1H3,(H,31,32). The number of carbonyl (C=O) groups is 1. The summed E-state index contributed by atoms with van der Waals surface area (Å²) in [7, 11) is 0. The van der Waals surface area contributed by atoms with Crippen LogP contribution in [0.4, 0.5) is 5.69 Å². The maximum absolute atomic E-state index is 13.3. The number of nitrogens with zero attached hydrogens (tertiary/aromatic N) is 2. The Labute approximate surface area is 186 Å². The van der Waals surface area contributed by atoms with E-state index < -0.39 is 5.97 Å². The Balaban J connectivity index is 1.72. The Morgan fingerprint density at radius 1 is 1.06 bits per heavy atom. The molecule has 4 rings (SSSR count). The van der Waals surface area contributed by atoms with E-state index in [4.69, 9.17) is 10.7 Å². The van der Waals surface area contributed by atoms with Gasteiger partial charge in [0.1, 0.15) is 5.82 Å². The molecule has 0 aliphatic carbocycles. The summed E-state index contributed by atoms with van der Waals surface area (Å²) >= 11 is 0. The number of anilines is 1. The average Bonchev–Trinajstić information content (AvgIpc) is 2.80. The van der Waals surface area contributed by atoms with Gasteiger partial charge in [-0.2, -0.15) is 0 Å². The van der Waals surface area contributed by atoms with Crippen LogP contribution in [0.1, 0.15) is 41.5 Å². The number of nitrogen functional groups attached to an aromatic ring is 1. The van der Waals surface area contributed by atoms with Gasteiger partial charge in [-0.15, -0.1) is 0 Å². The van der Waals surface area contributed by atoms with Crippen LogP contribution in [-0.2, 0) is 13.0 Å². The number of hydrogen-bond acceptors (Lipinski definition) is 4. The second-order valence-electron chi connectivity index (χ2n) is 7.85. The Bertz CT molecular complexity index is 1340. The molecule has 0 unspecified atom stereocenters. The fourth-order valence-electron chi connectivity index (χ4n) is 3.87. The molecule has 3 N–H and O–H groups in total. The maximum Gasteiger partial charge on any atom is 0.336 e. The quantitative estimate of drug-likeness (QED) is 0.415. The molecular weight excluding hydrogens is 402 g/mol. The highest BCUT2D eigenvalue weighted by Gasteiger charge is 2.13. The normalized spacial score (nSPS) is 11.0. The molecule has 6 nitrogen and oxygen atoms in total. The van der Waals surface area contributed by atoms with Gasteiger partial charge in [0, 0.05) is 12.1 Å². The van der Waals surface area contributed by atoms with E-state index in [1.807, 2.05) is 30.3 Å². The molecule has 32 heavy (non-hydrogen) atoms. The van der Waals surface area contributed by atoms with E-state index >= 15 is 0 Å². The van der Waals surface area contributed by atoms with Crippen LogP contribution in [0.2, 0.25) is 0 Å². The lowest BCUT2D eigenvalue weighted by Crippen LogP contribution is -2.26. The van der Waals surface area contributed by atoms with Gasteiger partial charge in [0.2, 0.25) is 0 Å². The van der Waals surface area contributed by atoms with Gasteiger partial charge in [0.25, 0.3) is 5.56 Å². The molecule has 1 heterocycles. The van der Waals surface area contributed by atoms with Crippen molar-refractivity contribution in [2.24, 2.45) is 0 Å². The molecule has 162 valence electrons. The van der Waals surface area contributed by atoms with Crippen LogP contribution >= 0.6 is 0 Å².